The third kappa shape index (κ3) is 6.00. The fraction of sp³-hybridized carbons (Fsp3) is 0.583. The molecule has 3 aliphatic heterocycles. The van der Waals surface area contributed by atoms with Crippen LogP contribution in [0.2, 0.25) is 0 Å². The van der Waals surface area contributed by atoms with Gasteiger partial charge in [0.25, 0.3) is 0 Å². The van der Waals surface area contributed by atoms with Gasteiger partial charge in [-0.2, -0.15) is 17.5 Å². The quantitative estimate of drug-likeness (QED) is 0.552. The first-order valence-electron chi connectivity index (χ1n) is 12.6. The van der Waals surface area contributed by atoms with Crippen LogP contribution >= 0.6 is 0 Å². The van der Waals surface area contributed by atoms with Crippen LogP contribution in [0.15, 0.2) is 41.3 Å². The maximum absolute atomic E-state index is 12.9. The van der Waals surface area contributed by atoms with Gasteiger partial charge in [0.2, 0.25) is 10.0 Å². The monoisotopic (exact) mass is 540 g/mol. The highest BCUT2D eigenvalue weighted by Crippen LogP contribution is 2.30. The summed E-state index contributed by atoms with van der Waals surface area (Å²) in [6, 6.07) is 7.47. The first kappa shape index (κ1) is 26.1. The molecule has 0 spiro atoms. The minimum atomic E-state index is -4.51. The number of benzene rings is 1. The molecular weight excluding hydrogens is 509 g/mol. The highest BCUT2D eigenvalue weighted by Gasteiger charge is 2.33. The highest BCUT2D eigenvalue weighted by molar-refractivity contribution is 7.89. The summed E-state index contributed by atoms with van der Waals surface area (Å²) in [5, 5.41) is 8.80. The van der Waals surface area contributed by atoms with Crippen molar-refractivity contribution in [3.05, 3.63) is 42.0 Å². The number of rotatable bonds is 6. The Labute approximate surface area is 214 Å². The van der Waals surface area contributed by atoms with Gasteiger partial charge < -0.3 is 14.5 Å². The van der Waals surface area contributed by atoms with Gasteiger partial charge in [-0.3, -0.25) is 4.90 Å². The molecule has 0 N–H and O–H groups in total. The molecule has 3 aliphatic rings. The second-order valence-corrected chi connectivity index (χ2v) is 11.5. The lowest BCUT2D eigenvalue weighted by molar-refractivity contribution is -0.137. The number of nitrogens with zero attached hydrogens (tertiary/aromatic N) is 6. The van der Waals surface area contributed by atoms with Gasteiger partial charge in [0.05, 0.1) is 16.6 Å². The fourth-order valence-corrected chi connectivity index (χ4v) is 6.44. The standard InChI is InChI=1S/C24H31F3N6O3S/c25-24(26,27)19-3-5-21(6-4-19)37(34,35)33-15-13-32(14-16-33)23-8-7-22(28-29-23)31-11-9-30(10-12-31)18-20-2-1-17-36-20/h3-8,20H,1-2,9-18H2. The van der Waals surface area contributed by atoms with Crippen LogP contribution in [0.1, 0.15) is 18.4 Å². The number of ether oxygens (including phenoxy) is 1. The molecule has 3 saturated heterocycles. The number of sulfonamides is 1. The predicted molar refractivity (Wildman–Crippen MR) is 132 cm³/mol. The first-order chi connectivity index (χ1) is 17.7. The van der Waals surface area contributed by atoms with E-state index in [1.165, 1.54) is 4.31 Å². The van der Waals surface area contributed by atoms with Crippen LogP contribution in [-0.4, -0.2) is 99.4 Å². The second-order valence-electron chi connectivity index (χ2n) is 9.59. The lowest BCUT2D eigenvalue weighted by Crippen LogP contribution is -2.49. The van der Waals surface area contributed by atoms with Gasteiger partial charge >= 0.3 is 6.18 Å². The van der Waals surface area contributed by atoms with E-state index in [1.54, 1.807) is 0 Å². The molecule has 3 fully saturated rings. The Kier molecular flexibility index (Phi) is 7.57. The zero-order valence-corrected chi connectivity index (χ0v) is 21.3. The van der Waals surface area contributed by atoms with Crippen molar-refractivity contribution in [1.82, 2.24) is 19.4 Å². The molecule has 1 aromatic heterocycles. The number of hydrogen-bond acceptors (Lipinski definition) is 8. The van der Waals surface area contributed by atoms with Crippen molar-refractivity contribution in [1.29, 1.82) is 0 Å². The summed E-state index contributed by atoms with van der Waals surface area (Å²) < 4.78 is 71.3. The van der Waals surface area contributed by atoms with Crippen molar-refractivity contribution in [2.24, 2.45) is 0 Å². The summed E-state index contributed by atoms with van der Waals surface area (Å²) >= 11 is 0. The van der Waals surface area contributed by atoms with Crippen LogP contribution in [0.4, 0.5) is 24.8 Å². The van der Waals surface area contributed by atoms with E-state index in [9.17, 15) is 21.6 Å². The van der Waals surface area contributed by atoms with Crippen LogP contribution < -0.4 is 9.80 Å². The van der Waals surface area contributed by atoms with Gasteiger partial charge in [-0.15, -0.1) is 10.2 Å². The Bertz CT molecular complexity index is 1140. The van der Waals surface area contributed by atoms with E-state index in [0.717, 1.165) is 82.3 Å². The normalized spacial score (nSPS) is 22.5. The molecule has 5 rings (SSSR count). The van der Waals surface area contributed by atoms with Gasteiger partial charge in [0.15, 0.2) is 11.6 Å². The minimum Gasteiger partial charge on any atom is -0.377 e. The molecule has 1 atom stereocenters. The Morgan fingerprint density at radius 1 is 0.838 bits per heavy atom. The maximum atomic E-state index is 12.9. The Morgan fingerprint density at radius 3 is 1.89 bits per heavy atom. The molecule has 0 amide bonds. The average molecular weight is 541 g/mol. The molecule has 1 unspecified atom stereocenters. The van der Waals surface area contributed by atoms with E-state index in [-0.39, 0.29) is 18.0 Å². The van der Waals surface area contributed by atoms with Crippen LogP contribution in [0.3, 0.4) is 0 Å². The Hall–Kier alpha value is -2.48. The molecule has 0 aliphatic carbocycles. The number of anilines is 2. The summed E-state index contributed by atoms with van der Waals surface area (Å²) in [4.78, 5) is 6.48. The molecular formula is C24H31F3N6O3S. The van der Waals surface area contributed by atoms with E-state index in [2.05, 4.69) is 20.0 Å². The van der Waals surface area contributed by atoms with E-state index >= 15 is 0 Å². The third-order valence-electron chi connectivity index (χ3n) is 7.20. The largest absolute Gasteiger partial charge is 0.416 e. The average Bonchev–Trinajstić information content (AvgIpc) is 3.42. The van der Waals surface area contributed by atoms with Crippen LogP contribution in [0.5, 0.6) is 0 Å². The van der Waals surface area contributed by atoms with Gasteiger partial charge in [-0.1, -0.05) is 0 Å². The number of aromatic nitrogens is 2. The summed E-state index contributed by atoms with van der Waals surface area (Å²) in [6.07, 6.45) is -1.86. The third-order valence-corrected chi connectivity index (χ3v) is 9.11. The van der Waals surface area contributed by atoms with Crippen molar-refractivity contribution in [3.8, 4) is 0 Å². The molecule has 0 radical (unpaired) electrons. The van der Waals surface area contributed by atoms with Crippen molar-refractivity contribution in [2.75, 3.05) is 75.3 Å². The topological polar surface area (TPSA) is 82.1 Å². The smallest absolute Gasteiger partial charge is 0.377 e. The highest BCUT2D eigenvalue weighted by atomic mass is 32.2. The Morgan fingerprint density at radius 2 is 1.41 bits per heavy atom. The number of halogens is 3. The maximum Gasteiger partial charge on any atom is 0.416 e. The fourth-order valence-electron chi connectivity index (χ4n) is 5.01. The van der Waals surface area contributed by atoms with E-state index in [1.807, 2.05) is 17.0 Å². The molecule has 0 bridgehead atoms. The Balaban J connectivity index is 1.13. The summed E-state index contributed by atoms with van der Waals surface area (Å²) in [6.45, 7) is 6.76. The van der Waals surface area contributed by atoms with E-state index in [4.69, 9.17) is 4.74 Å². The SMILES string of the molecule is O=S(=O)(c1ccc(C(F)(F)F)cc1)N1CCN(c2ccc(N3CCN(CC4CCCO4)CC3)nn2)CC1. The molecule has 4 heterocycles. The second kappa shape index (κ2) is 10.7. The summed E-state index contributed by atoms with van der Waals surface area (Å²) in [5.74, 6) is 1.50. The van der Waals surface area contributed by atoms with Gasteiger partial charge in [-0.05, 0) is 49.2 Å². The zero-order valence-electron chi connectivity index (χ0n) is 20.5. The van der Waals surface area contributed by atoms with Gasteiger partial charge in [0, 0.05) is 65.5 Å². The minimum absolute atomic E-state index is 0.144. The molecule has 13 heteroatoms. The number of piperazine rings is 2. The van der Waals surface area contributed by atoms with Crippen molar-refractivity contribution in [2.45, 2.75) is 30.0 Å². The molecule has 0 saturated carbocycles. The zero-order chi connectivity index (χ0) is 26.0. The number of alkyl halides is 3. The van der Waals surface area contributed by atoms with Crippen molar-refractivity contribution in [3.63, 3.8) is 0 Å². The number of hydrogen-bond donors (Lipinski definition) is 0. The van der Waals surface area contributed by atoms with Crippen LogP contribution in [0, 0.1) is 0 Å². The molecule has 9 nitrogen and oxygen atoms in total. The molecule has 202 valence electrons. The van der Waals surface area contributed by atoms with Crippen LogP contribution in [0.25, 0.3) is 0 Å². The molecule has 2 aromatic rings. The van der Waals surface area contributed by atoms with E-state index in [0.29, 0.717) is 25.0 Å². The molecule has 1 aromatic carbocycles. The van der Waals surface area contributed by atoms with Crippen LogP contribution in [-0.2, 0) is 20.9 Å². The van der Waals surface area contributed by atoms with Crippen molar-refractivity contribution >= 4 is 21.7 Å². The first-order valence-corrected chi connectivity index (χ1v) is 14.0. The predicted octanol–water partition coefficient (Wildman–Crippen LogP) is 2.31. The van der Waals surface area contributed by atoms with Gasteiger partial charge in [0.1, 0.15) is 0 Å². The van der Waals surface area contributed by atoms with Crippen molar-refractivity contribution < 1.29 is 26.3 Å². The van der Waals surface area contributed by atoms with E-state index < -0.39 is 21.8 Å². The lowest BCUT2D eigenvalue weighted by Gasteiger charge is -2.36. The molecule has 37 heavy (non-hydrogen) atoms. The van der Waals surface area contributed by atoms with Gasteiger partial charge in [-0.25, -0.2) is 8.42 Å². The summed E-state index contributed by atoms with van der Waals surface area (Å²) in [7, 11) is -3.88. The summed E-state index contributed by atoms with van der Waals surface area (Å²) in [5.41, 5.74) is -0.876. The lowest BCUT2D eigenvalue weighted by atomic mass is 10.2.